The predicted molar refractivity (Wildman–Crippen MR) is 104 cm³/mol. The summed E-state index contributed by atoms with van der Waals surface area (Å²) < 4.78 is 24.1. The lowest BCUT2D eigenvalue weighted by molar-refractivity contribution is -0.712. The number of hydrogen-bond donors (Lipinski definition) is 1. The first kappa shape index (κ1) is 20.1. The summed E-state index contributed by atoms with van der Waals surface area (Å²) in [5.74, 6) is 1.84. The maximum atomic E-state index is 11.6. The Labute approximate surface area is 179 Å². The Morgan fingerprint density at radius 2 is 1.93 bits per heavy atom. The molecule has 0 aliphatic carbocycles. The number of rotatable bonds is 4. The molecule has 0 bridgehead atoms. The summed E-state index contributed by atoms with van der Waals surface area (Å²) in [4.78, 5) is 11.6. The molecule has 3 aromatic rings. The normalized spacial score (nSPS) is 15.7. The monoisotopic (exact) mass is 429 g/mol. The van der Waals surface area contributed by atoms with Crippen LogP contribution in [0.15, 0.2) is 36.5 Å². The standard InChI is InChI=1S/C22H19NO6.ClH/c1-26-18-4-3-12-6-17-15-9-20-19(28-11-29-20)7-13(15)5-14(8-21(24)25)23(17)10-16(12)22(18)27-2;/h3-4,6-7,9-10,14H,5,8,11H2,1-2H3;1H. The van der Waals surface area contributed by atoms with Crippen LogP contribution in [-0.2, 0) is 11.2 Å². The topological polar surface area (TPSA) is 78.1 Å². The van der Waals surface area contributed by atoms with E-state index in [2.05, 4.69) is 6.07 Å². The molecule has 156 valence electrons. The highest BCUT2D eigenvalue weighted by molar-refractivity contribution is 5.91. The maximum Gasteiger partial charge on any atom is 0.310 e. The molecule has 0 spiro atoms. The first-order chi connectivity index (χ1) is 14.1. The summed E-state index contributed by atoms with van der Waals surface area (Å²) in [5, 5.41) is 11.3. The van der Waals surface area contributed by atoms with E-state index in [4.69, 9.17) is 18.9 Å². The van der Waals surface area contributed by atoms with Gasteiger partial charge in [-0.2, -0.15) is 4.57 Å². The largest absolute Gasteiger partial charge is 1.00 e. The minimum Gasteiger partial charge on any atom is -1.00 e. The molecule has 8 heteroatoms. The molecule has 1 atom stereocenters. The van der Waals surface area contributed by atoms with Gasteiger partial charge in [-0.1, -0.05) is 0 Å². The lowest BCUT2D eigenvalue weighted by atomic mass is 9.90. The molecule has 30 heavy (non-hydrogen) atoms. The highest BCUT2D eigenvalue weighted by atomic mass is 35.5. The van der Waals surface area contributed by atoms with Gasteiger partial charge in [0, 0.05) is 12.5 Å². The van der Waals surface area contributed by atoms with Gasteiger partial charge < -0.3 is 36.5 Å². The molecule has 1 N–H and O–H groups in total. The molecule has 0 saturated carbocycles. The third-order valence-corrected chi connectivity index (χ3v) is 5.59. The van der Waals surface area contributed by atoms with E-state index >= 15 is 0 Å². The highest BCUT2D eigenvalue weighted by Crippen LogP contribution is 2.43. The van der Waals surface area contributed by atoms with E-state index in [0.717, 1.165) is 27.6 Å². The van der Waals surface area contributed by atoms with Crippen LogP contribution in [0.2, 0.25) is 0 Å². The van der Waals surface area contributed by atoms with Crippen molar-refractivity contribution in [1.82, 2.24) is 0 Å². The van der Waals surface area contributed by atoms with Crippen LogP contribution >= 0.6 is 0 Å². The molecular weight excluding hydrogens is 410 g/mol. The fourth-order valence-electron chi connectivity index (χ4n) is 4.29. The summed E-state index contributed by atoms with van der Waals surface area (Å²) in [5.41, 5.74) is 3.02. The number of carboxylic acid groups (broad SMARTS) is 1. The number of pyridine rings is 1. The maximum absolute atomic E-state index is 11.6. The van der Waals surface area contributed by atoms with Crippen LogP contribution in [0, 0.1) is 0 Å². The van der Waals surface area contributed by atoms with Crippen molar-refractivity contribution in [2.45, 2.75) is 18.9 Å². The Kier molecular flexibility index (Phi) is 5.07. The highest BCUT2D eigenvalue weighted by Gasteiger charge is 2.36. The van der Waals surface area contributed by atoms with Gasteiger partial charge in [0.25, 0.3) is 0 Å². The Bertz CT molecular complexity index is 1160. The number of nitrogens with zero attached hydrogens (tertiary/aromatic N) is 1. The van der Waals surface area contributed by atoms with E-state index in [0.29, 0.717) is 29.4 Å². The second kappa shape index (κ2) is 7.57. The number of hydrogen-bond acceptors (Lipinski definition) is 5. The summed E-state index contributed by atoms with van der Waals surface area (Å²) in [6.07, 6.45) is 2.57. The zero-order valence-corrected chi connectivity index (χ0v) is 17.2. The smallest absolute Gasteiger partial charge is 0.310 e. The van der Waals surface area contributed by atoms with E-state index in [1.807, 2.05) is 35.0 Å². The summed E-state index contributed by atoms with van der Waals surface area (Å²) in [6, 6.07) is 9.63. The van der Waals surface area contributed by atoms with Gasteiger partial charge in [0.15, 0.2) is 35.2 Å². The molecule has 2 aromatic carbocycles. The van der Waals surface area contributed by atoms with Crippen molar-refractivity contribution in [3.05, 3.63) is 42.1 Å². The zero-order chi connectivity index (χ0) is 20.1. The Morgan fingerprint density at radius 1 is 1.17 bits per heavy atom. The number of aromatic nitrogens is 1. The molecular formula is C22H20ClNO6. The fourth-order valence-corrected chi connectivity index (χ4v) is 4.29. The number of ether oxygens (including phenoxy) is 4. The minimum absolute atomic E-state index is 0. The zero-order valence-electron chi connectivity index (χ0n) is 16.5. The second-order valence-corrected chi connectivity index (χ2v) is 7.19. The number of carboxylic acids is 1. The molecule has 7 nitrogen and oxygen atoms in total. The van der Waals surface area contributed by atoms with Crippen LogP contribution in [0.5, 0.6) is 23.0 Å². The number of aliphatic carboxylic acids is 1. The van der Waals surface area contributed by atoms with Crippen LogP contribution < -0.4 is 35.9 Å². The van der Waals surface area contributed by atoms with Crippen molar-refractivity contribution >= 4 is 16.7 Å². The Balaban J connectivity index is 0.00000218. The molecule has 0 fully saturated rings. The van der Waals surface area contributed by atoms with Crippen LogP contribution in [0.25, 0.3) is 22.0 Å². The van der Waals surface area contributed by atoms with E-state index < -0.39 is 5.97 Å². The van der Waals surface area contributed by atoms with Gasteiger partial charge in [-0.15, -0.1) is 0 Å². The molecule has 2 aliphatic rings. The van der Waals surface area contributed by atoms with Crippen LogP contribution in [0.1, 0.15) is 18.0 Å². The quantitative estimate of drug-likeness (QED) is 0.593. The number of methoxy groups -OCH3 is 2. The summed E-state index contributed by atoms with van der Waals surface area (Å²) >= 11 is 0. The molecule has 0 saturated heterocycles. The number of halogens is 1. The third-order valence-electron chi connectivity index (χ3n) is 5.59. The molecule has 0 radical (unpaired) electrons. The number of carbonyl (C=O) groups is 1. The Morgan fingerprint density at radius 3 is 2.63 bits per heavy atom. The first-order valence-electron chi connectivity index (χ1n) is 9.33. The minimum atomic E-state index is -0.838. The lowest BCUT2D eigenvalue weighted by Gasteiger charge is -2.23. The van der Waals surface area contributed by atoms with Gasteiger partial charge >= 0.3 is 5.97 Å². The van der Waals surface area contributed by atoms with Crippen LogP contribution in [0.3, 0.4) is 0 Å². The average Bonchev–Trinajstić information content (AvgIpc) is 3.17. The second-order valence-electron chi connectivity index (χ2n) is 7.19. The van der Waals surface area contributed by atoms with Crippen molar-refractivity contribution in [3.63, 3.8) is 0 Å². The van der Waals surface area contributed by atoms with Crippen molar-refractivity contribution in [2.75, 3.05) is 21.0 Å². The fraction of sp³-hybridized carbons (Fsp3) is 0.273. The van der Waals surface area contributed by atoms with Gasteiger partial charge in [0.2, 0.25) is 12.5 Å². The van der Waals surface area contributed by atoms with Crippen molar-refractivity contribution in [1.29, 1.82) is 0 Å². The molecule has 0 amide bonds. The molecule has 1 unspecified atom stereocenters. The Hall–Kier alpha value is -3.19. The average molecular weight is 430 g/mol. The van der Waals surface area contributed by atoms with E-state index in [1.165, 1.54) is 0 Å². The SMILES string of the molecule is COc1ccc2cc3[n+](cc2c1OC)C(CC(=O)O)Cc1cc2c(cc1-3)OCO2.[Cl-]. The molecule has 3 heterocycles. The number of fused-ring (bicyclic) bond motifs is 5. The van der Waals surface area contributed by atoms with Crippen molar-refractivity contribution in [2.24, 2.45) is 0 Å². The van der Waals surface area contributed by atoms with Gasteiger partial charge in [0.05, 0.1) is 25.2 Å². The summed E-state index contributed by atoms with van der Waals surface area (Å²) in [6.45, 7) is 0.200. The lowest BCUT2D eigenvalue weighted by Crippen LogP contribution is -3.00. The molecule has 5 rings (SSSR count). The van der Waals surface area contributed by atoms with Gasteiger partial charge in [-0.3, -0.25) is 4.79 Å². The van der Waals surface area contributed by atoms with Crippen LogP contribution in [0.4, 0.5) is 0 Å². The van der Waals surface area contributed by atoms with Gasteiger partial charge in [0.1, 0.15) is 6.42 Å². The third kappa shape index (κ3) is 3.06. The number of benzene rings is 2. The molecule has 2 aliphatic heterocycles. The van der Waals surface area contributed by atoms with Crippen LogP contribution in [-0.4, -0.2) is 32.1 Å². The van der Waals surface area contributed by atoms with Crippen molar-refractivity contribution in [3.8, 4) is 34.3 Å². The van der Waals surface area contributed by atoms with E-state index in [9.17, 15) is 9.90 Å². The van der Waals surface area contributed by atoms with Gasteiger partial charge in [-0.25, -0.2) is 0 Å². The molecule has 1 aromatic heterocycles. The van der Waals surface area contributed by atoms with Gasteiger partial charge in [-0.05, 0) is 35.2 Å². The van der Waals surface area contributed by atoms with E-state index in [1.54, 1.807) is 14.2 Å². The van der Waals surface area contributed by atoms with Crippen molar-refractivity contribution < 1.29 is 45.8 Å². The predicted octanol–water partition coefficient (Wildman–Crippen LogP) is 0.116. The van der Waals surface area contributed by atoms with E-state index in [-0.39, 0.29) is 31.7 Å². The first-order valence-corrected chi connectivity index (χ1v) is 9.33. The summed E-state index contributed by atoms with van der Waals surface area (Å²) in [7, 11) is 3.20.